The number of carbonyl (C=O) groups is 1. The van der Waals surface area contributed by atoms with E-state index in [0.29, 0.717) is 11.0 Å². The molecule has 164 valence electrons. The number of hydrogen-bond donors (Lipinski definition) is 1. The zero-order chi connectivity index (χ0) is 22.5. The van der Waals surface area contributed by atoms with Crippen LogP contribution in [0, 0.1) is 11.6 Å². The molecule has 1 amide bonds. The second-order valence-electron chi connectivity index (χ2n) is 6.96. The highest BCUT2D eigenvalue weighted by molar-refractivity contribution is 7.99. The van der Waals surface area contributed by atoms with Gasteiger partial charge >= 0.3 is 0 Å². The molecular formula is C21H21ClF2N4O2S. The van der Waals surface area contributed by atoms with Crippen LogP contribution in [-0.2, 0) is 4.79 Å². The smallest absolute Gasteiger partial charge is 0.234 e. The number of hydrogen-bond acceptors (Lipinski definition) is 5. The predicted octanol–water partition coefficient (Wildman–Crippen LogP) is 5.66. The molecule has 0 saturated heterocycles. The van der Waals surface area contributed by atoms with Gasteiger partial charge in [-0.05, 0) is 51.1 Å². The quantitative estimate of drug-likeness (QED) is 0.434. The van der Waals surface area contributed by atoms with Crippen LogP contribution in [-0.4, -0.2) is 26.4 Å². The summed E-state index contributed by atoms with van der Waals surface area (Å²) in [5, 5.41) is 11.6. The monoisotopic (exact) mass is 466 g/mol. The van der Waals surface area contributed by atoms with Gasteiger partial charge in [0.2, 0.25) is 5.91 Å². The Balaban J connectivity index is 1.70. The van der Waals surface area contributed by atoms with Crippen molar-refractivity contribution in [2.24, 2.45) is 0 Å². The molecule has 0 saturated carbocycles. The molecule has 6 nitrogen and oxygen atoms in total. The third-order valence-electron chi connectivity index (χ3n) is 4.25. The summed E-state index contributed by atoms with van der Waals surface area (Å²) in [7, 11) is 0. The molecule has 1 heterocycles. The number of aromatic nitrogens is 3. The van der Waals surface area contributed by atoms with Crippen LogP contribution in [0.1, 0.15) is 38.7 Å². The van der Waals surface area contributed by atoms with E-state index in [4.69, 9.17) is 16.3 Å². The molecule has 10 heteroatoms. The number of para-hydroxylation sites is 1. The molecule has 0 bridgehead atoms. The third kappa shape index (κ3) is 5.74. The van der Waals surface area contributed by atoms with Gasteiger partial charge < -0.3 is 14.6 Å². The molecule has 0 radical (unpaired) electrons. The third-order valence-corrected chi connectivity index (χ3v) is 5.43. The fraction of sp³-hybridized carbons (Fsp3) is 0.286. The Morgan fingerprint density at radius 1 is 1.16 bits per heavy atom. The summed E-state index contributed by atoms with van der Waals surface area (Å²) in [4.78, 5) is 12.3. The molecule has 3 rings (SSSR count). The van der Waals surface area contributed by atoms with Gasteiger partial charge in [-0.25, -0.2) is 8.78 Å². The van der Waals surface area contributed by atoms with Gasteiger partial charge in [-0.1, -0.05) is 35.5 Å². The molecule has 1 unspecified atom stereocenters. The molecule has 31 heavy (non-hydrogen) atoms. The number of carbonyl (C=O) groups excluding carboxylic acids is 1. The zero-order valence-electron chi connectivity index (χ0n) is 17.1. The van der Waals surface area contributed by atoms with Crippen molar-refractivity contribution in [1.29, 1.82) is 0 Å². The van der Waals surface area contributed by atoms with E-state index in [2.05, 4.69) is 15.5 Å². The summed E-state index contributed by atoms with van der Waals surface area (Å²) < 4.78 is 35.3. The summed E-state index contributed by atoms with van der Waals surface area (Å²) in [6, 6.07) is 10.1. The van der Waals surface area contributed by atoms with Crippen molar-refractivity contribution < 1.29 is 18.3 Å². The second-order valence-corrected chi connectivity index (χ2v) is 8.33. The number of rotatable bonds is 8. The fourth-order valence-corrected chi connectivity index (χ4v) is 3.87. The molecule has 2 aromatic carbocycles. The van der Waals surface area contributed by atoms with Crippen LogP contribution in [0.5, 0.6) is 5.75 Å². The van der Waals surface area contributed by atoms with Crippen molar-refractivity contribution in [1.82, 2.24) is 14.8 Å². The van der Waals surface area contributed by atoms with E-state index in [9.17, 15) is 13.6 Å². The van der Waals surface area contributed by atoms with Crippen molar-refractivity contribution in [3.63, 3.8) is 0 Å². The van der Waals surface area contributed by atoms with E-state index >= 15 is 0 Å². The van der Waals surface area contributed by atoms with E-state index in [0.717, 1.165) is 17.8 Å². The number of amides is 1. The number of halogens is 3. The lowest BCUT2D eigenvalue weighted by molar-refractivity contribution is -0.113. The van der Waals surface area contributed by atoms with Gasteiger partial charge in [0.05, 0.1) is 11.4 Å². The summed E-state index contributed by atoms with van der Waals surface area (Å²) in [6.07, 6.45) is -0.571. The molecule has 0 fully saturated rings. The Morgan fingerprint density at radius 2 is 1.90 bits per heavy atom. The van der Waals surface area contributed by atoms with Gasteiger partial charge in [-0.15, -0.1) is 10.2 Å². The van der Waals surface area contributed by atoms with Crippen molar-refractivity contribution in [2.75, 3.05) is 11.1 Å². The minimum Gasteiger partial charge on any atom is -0.480 e. The molecule has 1 N–H and O–H groups in total. The van der Waals surface area contributed by atoms with Gasteiger partial charge in [0.15, 0.2) is 28.7 Å². The molecule has 0 aliphatic rings. The number of anilines is 1. The Kier molecular flexibility index (Phi) is 7.50. The molecule has 3 aromatic rings. The van der Waals surface area contributed by atoms with E-state index in [1.165, 1.54) is 24.3 Å². The number of nitrogens with one attached hydrogen (secondary N) is 1. The molecular weight excluding hydrogens is 446 g/mol. The maximum absolute atomic E-state index is 13.9. The second kappa shape index (κ2) is 10.1. The average Bonchev–Trinajstić information content (AvgIpc) is 3.15. The predicted molar refractivity (Wildman–Crippen MR) is 117 cm³/mol. The standard InChI is InChI=1S/C21H21ClF2N4O2S/c1-12(2)28-20(13(3)30-18-7-5-4-6-15(18)23)26-27-21(28)31-11-19(29)25-17-9-8-14(22)10-16(17)24/h4-10,12-13H,11H2,1-3H3,(H,25,29). The largest absolute Gasteiger partial charge is 0.480 e. The fourth-order valence-electron chi connectivity index (χ4n) is 2.84. The van der Waals surface area contributed by atoms with E-state index in [1.54, 1.807) is 19.1 Å². The summed E-state index contributed by atoms with van der Waals surface area (Å²) in [6.45, 7) is 5.63. The summed E-state index contributed by atoms with van der Waals surface area (Å²) in [5.74, 6) is -0.864. The maximum Gasteiger partial charge on any atom is 0.234 e. The first-order valence-corrected chi connectivity index (χ1v) is 10.9. The highest BCUT2D eigenvalue weighted by Gasteiger charge is 2.23. The SMILES string of the molecule is CC(Oc1ccccc1F)c1nnc(SCC(=O)Nc2ccc(Cl)cc2F)n1C(C)C. The van der Waals surface area contributed by atoms with Crippen LogP contribution in [0.2, 0.25) is 5.02 Å². The van der Waals surface area contributed by atoms with E-state index in [-0.39, 0.29) is 28.3 Å². The first kappa shape index (κ1) is 23.0. The Morgan fingerprint density at radius 3 is 2.58 bits per heavy atom. The highest BCUT2D eigenvalue weighted by atomic mass is 35.5. The molecule has 1 aromatic heterocycles. The van der Waals surface area contributed by atoms with Crippen LogP contribution in [0.25, 0.3) is 0 Å². The van der Waals surface area contributed by atoms with Crippen molar-refractivity contribution in [2.45, 2.75) is 38.1 Å². The minimum atomic E-state index is -0.613. The molecule has 0 spiro atoms. The van der Waals surface area contributed by atoms with Gasteiger partial charge in [0.1, 0.15) is 5.82 Å². The topological polar surface area (TPSA) is 69.0 Å². The van der Waals surface area contributed by atoms with Crippen molar-refractivity contribution in [3.8, 4) is 5.75 Å². The lowest BCUT2D eigenvalue weighted by Crippen LogP contribution is -2.17. The number of benzene rings is 2. The van der Waals surface area contributed by atoms with Crippen molar-refractivity contribution >= 4 is 35.0 Å². The Hall–Kier alpha value is -2.65. The van der Waals surface area contributed by atoms with Crippen LogP contribution in [0.3, 0.4) is 0 Å². The van der Waals surface area contributed by atoms with Crippen molar-refractivity contribution in [3.05, 3.63) is 64.9 Å². The lowest BCUT2D eigenvalue weighted by atomic mass is 10.3. The average molecular weight is 467 g/mol. The van der Waals surface area contributed by atoms with Crippen LogP contribution in [0.15, 0.2) is 47.6 Å². The maximum atomic E-state index is 13.9. The van der Waals surface area contributed by atoms with Crippen LogP contribution >= 0.6 is 23.4 Å². The van der Waals surface area contributed by atoms with Gasteiger partial charge in [-0.3, -0.25) is 4.79 Å². The van der Waals surface area contributed by atoms with Crippen LogP contribution < -0.4 is 10.1 Å². The molecule has 0 aliphatic heterocycles. The number of nitrogens with zero attached hydrogens (tertiary/aromatic N) is 3. The first-order chi connectivity index (χ1) is 14.8. The molecule has 1 atom stereocenters. The van der Waals surface area contributed by atoms with Gasteiger partial charge in [0.25, 0.3) is 0 Å². The number of thioether (sulfide) groups is 1. The van der Waals surface area contributed by atoms with Gasteiger partial charge in [0, 0.05) is 11.1 Å². The molecule has 0 aliphatic carbocycles. The lowest BCUT2D eigenvalue weighted by Gasteiger charge is -2.19. The highest BCUT2D eigenvalue weighted by Crippen LogP contribution is 2.29. The van der Waals surface area contributed by atoms with E-state index in [1.807, 2.05) is 18.4 Å². The Labute approximate surface area is 188 Å². The zero-order valence-corrected chi connectivity index (χ0v) is 18.7. The first-order valence-electron chi connectivity index (χ1n) is 9.50. The Bertz CT molecular complexity index is 1080. The summed E-state index contributed by atoms with van der Waals surface area (Å²) in [5.41, 5.74) is 0.0490. The number of ether oxygens (including phenoxy) is 1. The minimum absolute atomic E-state index is 0.00449. The normalized spacial score (nSPS) is 12.1. The van der Waals surface area contributed by atoms with E-state index < -0.39 is 23.6 Å². The van der Waals surface area contributed by atoms with Gasteiger partial charge in [-0.2, -0.15) is 0 Å². The van der Waals surface area contributed by atoms with Crippen LogP contribution in [0.4, 0.5) is 14.5 Å². The summed E-state index contributed by atoms with van der Waals surface area (Å²) >= 11 is 6.88.